The minimum absolute atomic E-state index is 0.151. The topological polar surface area (TPSA) is 37.4 Å². The van der Waals surface area contributed by atoms with Crippen LogP contribution < -0.4 is 4.90 Å². The summed E-state index contributed by atoms with van der Waals surface area (Å²) >= 11 is 8.27. The molecule has 0 bridgehead atoms. The molecule has 0 N–H and O–H groups in total. The largest absolute Gasteiger partial charge is 0.273 e. The number of thioether (sulfide) groups is 1. The number of hydrogen-bond acceptors (Lipinski definition) is 4. The zero-order valence-electron chi connectivity index (χ0n) is 14.0. The zero-order valence-corrected chi connectivity index (χ0v) is 16.4. The first-order valence-corrected chi connectivity index (χ1v) is 10.1. The van der Waals surface area contributed by atoms with Crippen LogP contribution >= 0.6 is 34.7 Å². The molecule has 0 radical (unpaired) electrons. The number of carbonyl (C=O) groups is 2. The standard InChI is InChI=1S/C20H10ClF2NO2S2/c21-11-3-6-13(7-4-11)28-18-17(16-2-1-9-27-16)19(25)24(20(18)26)15-10-12(22)5-8-14(15)23/h1-10H. The second-order valence-corrected chi connectivity index (χ2v) is 8.25. The summed E-state index contributed by atoms with van der Waals surface area (Å²) in [4.78, 5) is 28.2. The van der Waals surface area contributed by atoms with Crippen molar-refractivity contribution in [3.05, 3.63) is 86.4 Å². The van der Waals surface area contributed by atoms with Crippen LogP contribution in [0.4, 0.5) is 14.5 Å². The second kappa shape index (κ2) is 7.50. The Morgan fingerprint density at radius 2 is 1.71 bits per heavy atom. The Morgan fingerprint density at radius 3 is 2.39 bits per heavy atom. The summed E-state index contributed by atoms with van der Waals surface area (Å²) in [5, 5.41) is 2.31. The highest BCUT2D eigenvalue weighted by molar-refractivity contribution is 8.04. The van der Waals surface area contributed by atoms with Crippen molar-refractivity contribution in [2.75, 3.05) is 4.90 Å². The number of amides is 2. The Bertz CT molecular complexity index is 1110. The van der Waals surface area contributed by atoms with Gasteiger partial charge in [-0.2, -0.15) is 0 Å². The Morgan fingerprint density at radius 1 is 0.964 bits per heavy atom. The lowest BCUT2D eigenvalue weighted by molar-refractivity contribution is -0.119. The number of halogens is 3. The van der Waals surface area contributed by atoms with Gasteiger partial charge in [0.2, 0.25) is 0 Å². The van der Waals surface area contributed by atoms with Crippen LogP contribution in [0.25, 0.3) is 5.57 Å². The van der Waals surface area contributed by atoms with Gasteiger partial charge in [0.1, 0.15) is 11.6 Å². The molecular weight excluding hydrogens is 424 g/mol. The fraction of sp³-hybridized carbons (Fsp3) is 0. The maximum Gasteiger partial charge on any atom is 0.273 e. The molecule has 0 spiro atoms. The molecule has 3 aromatic rings. The van der Waals surface area contributed by atoms with Gasteiger partial charge in [-0.1, -0.05) is 29.4 Å². The predicted molar refractivity (Wildman–Crippen MR) is 107 cm³/mol. The van der Waals surface area contributed by atoms with E-state index in [1.165, 1.54) is 11.3 Å². The van der Waals surface area contributed by atoms with Gasteiger partial charge in [0.25, 0.3) is 11.8 Å². The summed E-state index contributed by atoms with van der Waals surface area (Å²) in [5.41, 5.74) is -0.237. The first-order valence-electron chi connectivity index (χ1n) is 8.01. The molecule has 2 amide bonds. The summed E-state index contributed by atoms with van der Waals surface area (Å²) in [7, 11) is 0. The minimum Gasteiger partial charge on any atom is -0.268 e. The van der Waals surface area contributed by atoms with Crippen LogP contribution in [0.3, 0.4) is 0 Å². The van der Waals surface area contributed by atoms with Crippen LogP contribution in [0.2, 0.25) is 5.02 Å². The quantitative estimate of drug-likeness (QED) is 0.491. The molecule has 0 saturated heterocycles. The van der Waals surface area contributed by atoms with Crippen molar-refractivity contribution in [3.63, 3.8) is 0 Å². The van der Waals surface area contributed by atoms with E-state index in [4.69, 9.17) is 11.6 Å². The van der Waals surface area contributed by atoms with E-state index in [1.54, 1.807) is 41.8 Å². The number of benzene rings is 2. The van der Waals surface area contributed by atoms with Crippen molar-refractivity contribution >= 4 is 57.8 Å². The van der Waals surface area contributed by atoms with E-state index in [1.807, 2.05) is 0 Å². The highest BCUT2D eigenvalue weighted by atomic mass is 35.5. The molecule has 0 unspecified atom stereocenters. The molecule has 1 aliphatic rings. The molecule has 1 aliphatic heterocycles. The fourth-order valence-electron chi connectivity index (χ4n) is 2.74. The highest BCUT2D eigenvalue weighted by Gasteiger charge is 2.42. The predicted octanol–water partition coefficient (Wildman–Crippen LogP) is 5.76. The van der Waals surface area contributed by atoms with Crippen molar-refractivity contribution in [1.82, 2.24) is 0 Å². The van der Waals surface area contributed by atoms with Crippen LogP contribution in [0.1, 0.15) is 4.88 Å². The van der Waals surface area contributed by atoms with Gasteiger partial charge in [-0.25, -0.2) is 13.7 Å². The van der Waals surface area contributed by atoms with Crippen molar-refractivity contribution in [2.24, 2.45) is 0 Å². The van der Waals surface area contributed by atoms with Gasteiger partial charge in [0.15, 0.2) is 0 Å². The molecule has 140 valence electrons. The Balaban J connectivity index is 1.82. The average molecular weight is 434 g/mol. The van der Waals surface area contributed by atoms with Gasteiger partial charge < -0.3 is 0 Å². The molecule has 4 rings (SSSR count). The Kier molecular flexibility index (Phi) is 5.05. The fourth-order valence-corrected chi connectivity index (χ4v) is 4.68. The minimum atomic E-state index is -0.855. The second-order valence-electron chi connectivity index (χ2n) is 5.78. The van der Waals surface area contributed by atoms with Gasteiger partial charge in [-0.15, -0.1) is 11.3 Å². The van der Waals surface area contributed by atoms with Crippen LogP contribution in [-0.2, 0) is 9.59 Å². The highest BCUT2D eigenvalue weighted by Crippen LogP contribution is 2.43. The van der Waals surface area contributed by atoms with E-state index in [0.717, 1.165) is 30.0 Å². The molecule has 0 aliphatic carbocycles. The SMILES string of the molecule is O=C1C(Sc2ccc(Cl)cc2)=C(c2cccs2)C(=O)N1c1cc(F)ccc1F. The third kappa shape index (κ3) is 3.37. The zero-order chi connectivity index (χ0) is 19.8. The molecule has 2 aromatic carbocycles. The van der Waals surface area contributed by atoms with E-state index in [0.29, 0.717) is 19.7 Å². The van der Waals surface area contributed by atoms with Crippen LogP contribution in [0, 0.1) is 11.6 Å². The summed E-state index contributed by atoms with van der Waals surface area (Å²) in [6.07, 6.45) is 0. The smallest absolute Gasteiger partial charge is 0.268 e. The van der Waals surface area contributed by atoms with Gasteiger partial charge in [0.05, 0.1) is 16.2 Å². The normalized spacial score (nSPS) is 14.3. The van der Waals surface area contributed by atoms with E-state index in [9.17, 15) is 18.4 Å². The molecule has 0 fully saturated rings. The summed E-state index contributed by atoms with van der Waals surface area (Å²) in [5.74, 6) is -2.98. The maximum atomic E-state index is 14.3. The van der Waals surface area contributed by atoms with Crippen LogP contribution in [0.5, 0.6) is 0 Å². The van der Waals surface area contributed by atoms with Gasteiger partial charge in [0, 0.05) is 20.9 Å². The summed E-state index contributed by atoms with van der Waals surface area (Å²) in [6.45, 7) is 0. The number of rotatable bonds is 4. The lowest BCUT2D eigenvalue weighted by Crippen LogP contribution is -2.32. The summed E-state index contributed by atoms with van der Waals surface area (Å²) < 4.78 is 27.9. The molecule has 0 atom stereocenters. The first-order chi connectivity index (χ1) is 13.5. The van der Waals surface area contributed by atoms with Crippen molar-refractivity contribution in [2.45, 2.75) is 4.90 Å². The lowest BCUT2D eigenvalue weighted by Gasteiger charge is -2.16. The summed E-state index contributed by atoms with van der Waals surface area (Å²) in [6, 6.07) is 12.9. The van der Waals surface area contributed by atoms with Gasteiger partial charge in [-0.05, 0) is 47.8 Å². The third-order valence-corrected chi connectivity index (χ3v) is 6.22. The maximum absolute atomic E-state index is 14.3. The van der Waals surface area contributed by atoms with Gasteiger partial charge >= 0.3 is 0 Å². The van der Waals surface area contributed by atoms with Crippen molar-refractivity contribution in [3.8, 4) is 0 Å². The number of hydrogen-bond donors (Lipinski definition) is 0. The molecule has 1 aromatic heterocycles. The molecular formula is C20H10ClF2NO2S2. The van der Waals surface area contributed by atoms with Crippen molar-refractivity contribution < 1.29 is 18.4 Å². The number of nitrogens with zero attached hydrogens (tertiary/aromatic N) is 1. The number of imide groups is 1. The monoisotopic (exact) mass is 433 g/mol. The van der Waals surface area contributed by atoms with E-state index >= 15 is 0 Å². The number of thiophene rings is 1. The van der Waals surface area contributed by atoms with Gasteiger partial charge in [-0.3, -0.25) is 9.59 Å². The first kappa shape index (κ1) is 18.9. The van der Waals surface area contributed by atoms with E-state index in [-0.39, 0.29) is 10.5 Å². The Hall–Kier alpha value is -2.48. The van der Waals surface area contributed by atoms with Crippen LogP contribution in [0.15, 0.2) is 69.8 Å². The number of carbonyl (C=O) groups excluding carboxylic acids is 2. The van der Waals surface area contributed by atoms with Crippen molar-refractivity contribution in [1.29, 1.82) is 0 Å². The molecule has 3 nitrogen and oxygen atoms in total. The molecule has 28 heavy (non-hydrogen) atoms. The van der Waals surface area contributed by atoms with E-state index in [2.05, 4.69) is 0 Å². The molecule has 0 saturated carbocycles. The lowest BCUT2D eigenvalue weighted by atomic mass is 10.2. The average Bonchev–Trinajstić information content (AvgIpc) is 3.27. The molecule has 2 heterocycles. The number of anilines is 1. The third-order valence-electron chi connectivity index (χ3n) is 3.99. The van der Waals surface area contributed by atoms with E-state index < -0.39 is 29.1 Å². The van der Waals surface area contributed by atoms with Crippen LogP contribution in [-0.4, -0.2) is 11.8 Å². The molecule has 8 heteroatoms. The Labute approximate surface area is 172 Å².